The summed E-state index contributed by atoms with van der Waals surface area (Å²) in [6.07, 6.45) is 8.51. The molecule has 0 aromatic heterocycles. The Morgan fingerprint density at radius 1 is 1.08 bits per heavy atom. The SMILES string of the molecule is COCCOCOc1cc([Se][Se])ccc1C12CC3CC(CC(C3)C1)C2. The first-order chi connectivity index (χ1) is 12.2. The van der Waals surface area contributed by atoms with Gasteiger partial charge in [-0.15, -0.1) is 0 Å². The molecule has 0 unspecified atom stereocenters. The summed E-state index contributed by atoms with van der Waals surface area (Å²) in [5.74, 6) is 3.90. The number of hydrogen-bond donors (Lipinski definition) is 0. The second-order valence-electron chi connectivity index (χ2n) is 8.10. The Morgan fingerprint density at radius 2 is 1.76 bits per heavy atom. The topological polar surface area (TPSA) is 27.7 Å². The molecule has 4 saturated carbocycles. The molecule has 1 aromatic rings. The summed E-state index contributed by atoms with van der Waals surface area (Å²) in [5, 5.41) is 0. The van der Waals surface area contributed by atoms with E-state index in [4.69, 9.17) is 14.2 Å². The van der Waals surface area contributed by atoms with Crippen LogP contribution in [0.2, 0.25) is 0 Å². The molecule has 3 nitrogen and oxygen atoms in total. The van der Waals surface area contributed by atoms with Crippen LogP contribution in [0.1, 0.15) is 44.1 Å². The van der Waals surface area contributed by atoms with Crippen molar-refractivity contribution in [2.24, 2.45) is 17.8 Å². The summed E-state index contributed by atoms with van der Waals surface area (Å²) in [7, 11) is 1.69. The Bertz CT molecular complexity index is 569. The monoisotopic (exact) mass is 475 g/mol. The molecule has 0 atom stereocenters. The van der Waals surface area contributed by atoms with E-state index in [1.807, 2.05) is 0 Å². The van der Waals surface area contributed by atoms with Gasteiger partial charge >= 0.3 is 164 Å². The van der Waals surface area contributed by atoms with Crippen LogP contribution in [0, 0.1) is 17.8 Å². The van der Waals surface area contributed by atoms with Gasteiger partial charge in [0.2, 0.25) is 0 Å². The summed E-state index contributed by atoms with van der Waals surface area (Å²) in [5.41, 5.74) is 1.81. The Balaban J connectivity index is 1.56. The van der Waals surface area contributed by atoms with E-state index in [1.165, 1.54) is 48.6 Å². The molecule has 1 radical (unpaired) electrons. The zero-order chi connectivity index (χ0) is 17.3. The number of hydrogen-bond acceptors (Lipinski definition) is 3. The molecule has 4 aliphatic carbocycles. The quantitative estimate of drug-likeness (QED) is 0.330. The van der Waals surface area contributed by atoms with E-state index < -0.39 is 0 Å². The second-order valence-corrected chi connectivity index (χ2v) is 11.3. The zero-order valence-electron chi connectivity index (χ0n) is 14.9. The van der Waals surface area contributed by atoms with Gasteiger partial charge in [0.25, 0.3) is 0 Å². The maximum atomic E-state index is 6.13. The average molecular weight is 473 g/mol. The average Bonchev–Trinajstić information content (AvgIpc) is 2.60. The first-order valence-corrected chi connectivity index (χ1v) is 14.6. The van der Waals surface area contributed by atoms with Crippen LogP contribution in [0.15, 0.2) is 18.2 Å². The third-order valence-corrected chi connectivity index (χ3v) is 9.42. The molecule has 0 N–H and O–H groups in total. The van der Waals surface area contributed by atoms with Crippen LogP contribution in [-0.2, 0) is 14.9 Å². The van der Waals surface area contributed by atoms with Gasteiger partial charge < -0.3 is 0 Å². The minimum absolute atomic E-state index is 0.312. The number of rotatable bonds is 8. The predicted octanol–water partition coefficient (Wildman–Crippen LogP) is 2.57. The fourth-order valence-corrected chi connectivity index (χ4v) is 7.57. The molecule has 1 aromatic carbocycles. The van der Waals surface area contributed by atoms with Crippen LogP contribution >= 0.6 is 0 Å². The standard InChI is InChI=1S/C20H27O3Se2/c1-21-4-5-22-13-23-19-9-17(25-24)2-3-18(19)20-10-14-6-15(11-20)8-16(7-14)12-20/h2-3,9,14-16H,4-8,10-13H2,1H3. The van der Waals surface area contributed by atoms with Gasteiger partial charge in [-0.25, -0.2) is 0 Å². The van der Waals surface area contributed by atoms with E-state index >= 15 is 0 Å². The van der Waals surface area contributed by atoms with Crippen LogP contribution < -0.4 is 9.20 Å². The Hall–Kier alpha value is -0.0210. The molecule has 5 heteroatoms. The van der Waals surface area contributed by atoms with E-state index in [0.29, 0.717) is 38.6 Å². The van der Waals surface area contributed by atoms with Crippen LogP contribution in [0.5, 0.6) is 5.75 Å². The van der Waals surface area contributed by atoms with Gasteiger partial charge in [-0.3, -0.25) is 0 Å². The molecule has 0 spiro atoms. The summed E-state index contributed by atoms with van der Waals surface area (Å²) in [4.78, 5) is 0. The molecule has 137 valence electrons. The van der Waals surface area contributed by atoms with Crippen molar-refractivity contribution in [3.05, 3.63) is 23.8 Å². The molecule has 4 fully saturated rings. The van der Waals surface area contributed by atoms with Gasteiger partial charge in [-0.1, -0.05) is 0 Å². The molecule has 5 rings (SSSR count). The van der Waals surface area contributed by atoms with Crippen molar-refractivity contribution in [1.29, 1.82) is 0 Å². The molecule has 25 heavy (non-hydrogen) atoms. The molecule has 0 aliphatic heterocycles. The fraction of sp³-hybridized carbons (Fsp3) is 0.700. The number of methoxy groups -OCH3 is 1. The van der Waals surface area contributed by atoms with E-state index in [-0.39, 0.29) is 0 Å². The van der Waals surface area contributed by atoms with Crippen molar-refractivity contribution in [2.45, 2.75) is 43.9 Å². The van der Waals surface area contributed by atoms with Gasteiger partial charge in [-0.05, 0) is 0 Å². The van der Waals surface area contributed by atoms with E-state index in [0.717, 1.165) is 23.5 Å². The van der Waals surface area contributed by atoms with Crippen molar-refractivity contribution in [3.8, 4) is 5.75 Å². The third kappa shape index (κ3) is 3.83. The summed E-state index contributed by atoms with van der Waals surface area (Å²) >= 11 is 3.55. The van der Waals surface area contributed by atoms with Crippen molar-refractivity contribution in [1.82, 2.24) is 0 Å². The summed E-state index contributed by atoms with van der Waals surface area (Å²) in [6, 6.07) is 6.93. The van der Waals surface area contributed by atoms with Gasteiger partial charge in [-0.2, -0.15) is 0 Å². The van der Waals surface area contributed by atoms with Crippen LogP contribution in [0.4, 0.5) is 0 Å². The van der Waals surface area contributed by atoms with Crippen molar-refractivity contribution in [3.63, 3.8) is 0 Å². The van der Waals surface area contributed by atoms with Gasteiger partial charge in [0.1, 0.15) is 0 Å². The van der Waals surface area contributed by atoms with Crippen LogP contribution in [0.3, 0.4) is 0 Å². The molecule has 4 bridgehead atoms. The van der Waals surface area contributed by atoms with Crippen LogP contribution in [-0.4, -0.2) is 54.4 Å². The van der Waals surface area contributed by atoms with Crippen molar-refractivity contribution in [2.75, 3.05) is 27.1 Å². The van der Waals surface area contributed by atoms with Gasteiger partial charge in [0.05, 0.1) is 0 Å². The third-order valence-electron chi connectivity index (χ3n) is 6.39. The van der Waals surface area contributed by atoms with E-state index in [9.17, 15) is 0 Å². The van der Waals surface area contributed by atoms with Crippen molar-refractivity contribution >= 4 is 31.8 Å². The molecule has 4 aliphatic rings. The summed E-state index contributed by atoms with van der Waals surface area (Å²) in [6.45, 7) is 1.50. The van der Waals surface area contributed by atoms with E-state index in [2.05, 4.69) is 32.4 Å². The van der Waals surface area contributed by atoms with Crippen LogP contribution in [0.25, 0.3) is 0 Å². The number of benzene rings is 1. The molecular formula is C20H27O3Se2. The Kier molecular flexibility index (Phi) is 5.81. The zero-order valence-corrected chi connectivity index (χ0v) is 18.3. The Morgan fingerprint density at radius 3 is 2.36 bits per heavy atom. The predicted molar refractivity (Wildman–Crippen MR) is 101 cm³/mol. The first-order valence-electron chi connectivity index (χ1n) is 9.36. The second kappa shape index (κ2) is 7.92. The molecular weight excluding hydrogens is 446 g/mol. The van der Waals surface area contributed by atoms with Crippen molar-refractivity contribution < 1.29 is 14.2 Å². The normalized spacial score (nSPS) is 33.0. The number of ether oxygens (including phenoxy) is 3. The van der Waals surface area contributed by atoms with Gasteiger partial charge in [0, 0.05) is 0 Å². The molecule has 0 saturated heterocycles. The Labute approximate surface area is 164 Å². The maximum absolute atomic E-state index is 6.13. The molecule has 0 amide bonds. The first kappa shape index (κ1) is 18.3. The molecule has 0 heterocycles. The summed E-state index contributed by atoms with van der Waals surface area (Å²) < 4.78 is 18.1. The van der Waals surface area contributed by atoms with Gasteiger partial charge in [0.15, 0.2) is 0 Å². The van der Waals surface area contributed by atoms with E-state index in [1.54, 1.807) is 7.11 Å². The minimum atomic E-state index is 0.312. The fourth-order valence-electron chi connectivity index (χ4n) is 5.86.